The van der Waals surface area contributed by atoms with Crippen LogP contribution in [0, 0.1) is 11.6 Å². The average molecular weight is 268 g/mol. The minimum atomic E-state index is -0.984. The van der Waals surface area contributed by atoms with E-state index in [2.05, 4.69) is 20.8 Å². The van der Waals surface area contributed by atoms with E-state index in [4.69, 9.17) is 4.42 Å². The van der Waals surface area contributed by atoms with Crippen molar-refractivity contribution < 1.29 is 13.2 Å². The maximum Gasteiger partial charge on any atom is 0.320 e. The van der Waals surface area contributed by atoms with Gasteiger partial charge in [0.15, 0.2) is 11.6 Å². The molecule has 0 amide bonds. The number of rotatable bonds is 5. The first-order valence-electron chi connectivity index (χ1n) is 5.83. The van der Waals surface area contributed by atoms with E-state index in [-0.39, 0.29) is 17.7 Å². The molecule has 2 rings (SSSR count). The van der Waals surface area contributed by atoms with Crippen molar-refractivity contribution in [2.45, 2.75) is 26.4 Å². The van der Waals surface area contributed by atoms with Gasteiger partial charge in [0.05, 0.1) is 12.2 Å². The second-order valence-corrected chi connectivity index (χ2v) is 4.26. The maximum absolute atomic E-state index is 13.4. The Bertz CT molecular complexity index is 556. The fraction of sp³-hybridized carbons (Fsp3) is 0.333. The lowest BCUT2D eigenvalue weighted by atomic mass is 10.3. The van der Waals surface area contributed by atoms with Crippen molar-refractivity contribution in [1.29, 1.82) is 0 Å². The summed E-state index contributed by atoms with van der Waals surface area (Å²) in [6.07, 6.45) is 0. The Morgan fingerprint density at radius 3 is 2.79 bits per heavy atom. The molecule has 1 aromatic heterocycles. The normalized spacial score (nSPS) is 11.0. The Morgan fingerprint density at radius 1 is 1.26 bits per heavy atom. The van der Waals surface area contributed by atoms with E-state index in [0.29, 0.717) is 12.4 Å². The summed E-state index contributed by atoms with van der Waals surface area (Å²) in [5.74, 6) is -1.55. The second-order valence-electron chi connectivity index (χ2n) is 4.26. The monoisotopic (exact) mass is 268 g/mol. The quantitative estimate of drug-likeness (QED) is 0.872. The third kappa shape index (κ3) is 3.47. The summed E-state index contributed by atoms with van der Waals surface area (Å²) in [4.78, 5) is 0. The lowest BCUT2D eigenvalue weighted by Gasteiger charge is -2.04. The van der Waals surface area contributed by atoms with Gasteiger partial charge in [0, 0.05) is 6.04 Å². The van der Waals surface area contributed by atoms with Crippen molar-refractivity contribution in [3.8, 4) is 0 Å². The van der Waals surface area contributed by atoms with Gasteiger partial charge in [-0.25, -0.2) is 8.78 Å². The fourth-order valence-corrected chi connectivity index (χ4v) is 1.38. The highest BCUT2D eigenvalue weighted by atomic mass is 19.2. The summed E-state index contributed by atoms with van der Waals surface area (Å²) >= 11 is 0. The molecule has 0 bridgehead atoms. The highest BCUT2D eigenvalue weighted by Gasteiger charge is 2.11. The Labute approximate surface area is 109 Å². The molecule has 2 aromatic rings. The van der Waals surface area contributed by atoms with Crippen LogP contribution in [0.25, 0.3) is 0 Å². The lowest BCUT2D eigenvalue weighted by molar-refractivity contribution is 0.459. The fourth-order valence-electron chi connectivity index (χ4n) is 1.38. The molecule has 0 radical (unpaired) electrons. The predicted octanol–water partition coefficient (Wildman–Crippen LogP) is 2.59. The molecule has 0 saturated heterocycles. The molecule has 102 valence electrons. The van der Waals surface area contributed by atoms with Gasteiger partial charge in [-0.15, -0.1) is 5.10 Å². The molecule has 0 unspecified atom stereocenters. The van der Waals surface area contributed by atoms with E-state index in [0.717, 1.165) is 6.07 Å². The van der Waals surface area contributed by atoms with E-state index >= 15 is 0 Å². The predicted molar refractivity (Wildman–Crippen MR) is 65.9 cm³/mol. The highest BCUT2D eigenvalue weighted by molar-refractivity contribution is 5.52. The number of anilines is 2. The molecule has 19 heavy (non-hydrogen) atoms. The molecule has 5 nitrogen and oxygen atoms in total. The first-order chi connectivity index (χ1) is 9.06. The van der Waals surface area contributed by atoms with Crippen molar-refractivity contribution in [2.24, 2.45) is 0 Å². The number of hydrogen-bond acceptors (Lipinski definition) is 5. The number of halogens is 2. The van der Waals surface area contributed by atoms with Crippen LogP contribution in [0.3, 0.4) is 0 Å². The van der Waals surface area contributed by atoms with E-state index in [9.17, 15) is 8.78 Å². The molecular weight excluding hydrogens is 254 g/mol. The van der Waals surface area contributed by atoms with Gasteiger partial charge in [0.25, 0.3) is 0 Å². The molecule has 0 aliphatic rings. The van der Waals surface area contributed by atoms with Gasteiger partial charge < -0.3 is 15.1 Å². The van der Waals surface area contributed by atoms with Crippen molar-refractivity contribution in [3.63, 3.8) is 0 Å². The third-order valence-corrected chi connectivity index (χ3v) is 2.32. The first kappa shape index (κ1) is 13.4. The van der Waals surface area contributed by atoms with Crippen LogP contribution < -0.4 is 10.6 Å². The summed E-state index contributed by atoms with van der Waals surface area (Å²) < 4.78 is 31.7. The minimum Gasteiger partial charge on any atom is -0.406 e. The summed E-state index contributed by atoms with van der Waals surface area (Å²) in [6, 6.07) is 4.10. The SMILES string of the molecule is CC(C)NCc1nnc(Nc2cccc(F)c2F)o1. The van der Waals surface area contributed by atoms with Gasteiger partial charge in [0.1, 0.15) is 0 Å². The van der Waals surface area contributed by atoms with Gasteiger partial charge in [-0.05, 0) is 12.1 Å². The molecule has 1 aromatic carbocycles. The standard InChI is InChI=1S/C12H14F2N4O/c1-7(2)15-6-10-17-18-12(19-10)16-9-5-3-4-8(13)11(9)14/h3-5,7,15H,6H2,1-2H3,(H,16,18). The van der Waals surface area contributed by atoms with E-state index < -0.39 is 11.6 Å². The van der Waals surface area contributed by atoms with Crippen LogP contribution >= 0.6 is 0 Å². The molecule has 0 fully saturated rings. The van der Waals surface area contributed by atoms with Gasteiger partial charge >= 0.3 is 6.01 Å². The van der Waals surface area contributed by atoms with E-state index in [1.807, 2.05) is 13.8 Å². The van der Waals surface area contributed by atoms with Crippen molar-refractivity contribution in [2.75, 3.05) is 5.32 Å². The zero-order chi connectivity index (χ0) is 13.8. The topological polar surface area (TPSA) is 63.0 Å². The molecule has 0 aliphatic carbocycles. The van der Waals surface area contributed by atoms with Crippen LogP contribution in [0.2, 0.25) is 0 Å². The number of nitrogens with zero attached hydrogens (tertiary/aromatic N) is 2. The second kappa shape index (κ2) is 5.75. The van der Waals surface area contributed by atoms with Crippen LogP contribution in [-0.2, 0) is 6.54 Å². The minimum absolute atomic E-state index is 0.0186. The Morgan fingerprint density at radius 2 is 2.05 bits per heavy atom. The van der Waals surface area contributed by atoms with Crippen LogP contribution in [0.1, 0.15) is 19.7 Å². The van der Waals surface area contributed by atoms with E-state index in [1.54, 1.807) is 0 Å². The molecule has 0 atom stereocenters. The molecule has 0 saturated carbocycles. The Balaban J connectivity index is 2.05. The van der Waals surface area contributed by atoms with Crippen molar-refractivity contribution in [3.05, 3.63) is 35.7 Å². The molecule has 1 heterocycles. The van der Waals surface area contributed by atoms with E-state index in [1.165, 1.54) is 12.1 Å². The van der Waals surface area contributed by atoms with Crippen LogP contribution in [-0.4, -0.2) is 16.2 Å². The largest absolute Gasteiger partial charge is 0.406 e. The number of nitrogens with one attached hydrogen (secondary N) is 2. The smallest absolute Gasteiger partial charge is 0.320 e. The van der Waals surface area contributed by atoms with Crippen molar-refractivity contribution in [1.82, 2.24) is 15.5 Å². The van der Waals surface area contributed by atoms with Gasteiger partial charge in [0.2, 0.25) is 5.89 Å². The summed E-state index contributed by atoms with van der Waals surface area (Å²) in [6.45, 7) is 4.38. The summed E-state index contributed by atoms with van der Waals surface area (Å²) in [7, 11) is 0. The zero-order valence-electron chi connectivity index (χ0n) is 10.6. The average Bonchev–Trinajstić information content (AvgIpc) is 2.80. The van der Waals surface area contributed by atoms with Gasteiger partial charge in [-0.1, -0.05) is 25.0 Å². The van der Waals surface area contributed by atoms with Gasteiger partial charge in [-0.2, -0.15) is 0 Å². The Kier molecular flexibility index (Phi) is 4.06. The zero-order valence-corrected chi connectivity index (χ0v) is 10.6. The maximum atomic E-state index is 13.4. The molecule has 0 spiro atoms. The summed E-state index contributed by atoms with van der Waals surface area (Å²) in [5, 5.41) is 13.1. The third-order valence-electron chi connectivity index (χ3n) is 2.32. The first-order valence-corrected chi connectivity index (χ1v) is 5.83. The molecule has 2 N–H and O–H groups in total. The molecule has 7 heteroatoms. The van der Waals surface area contributed by atoms with Crippen molar-refractivity contribution >= 4 is 11.7 Å². The number of aromatic nitrogens is 2. The molecular formula is C12H14F2N4O. The number of benzene rings is 1. The number of hydrogen-bond donors (Lipinski definition) is 2. The highest BCUT2D eigenvalue weighted by Crippen LogP contribution is 2.20. The van der Waals surface area contributed by atoms with Crippen LogP contribution in [0.4, 0.5) is 20.5 Å². The van der Waals surface area contributed by atoms with Crippen LogP contribution in [0.15, 0.2) is 22.6 Å². The Hall–Kier alpha value is -2.02. The lowest BCUT2D eigenvalue weighted by Crippen LogP contribution is -2.21. The van der Waals surface area contributed by atoms with Crippen LogP contribution in [0.5, 0.6) is 0 Å². The summed E-state index contributed by atoms with van der Waals surface area (Å²) in [5.41, 5.74) is -0.0491. The molecule has 0 aliphatic heterocycles. The van der Waals surface area contributed by atoms with Gasteiger partial charge in [-0.3, -0.25) is 0 Å².